The third-order valence-corrected chi connectivity index (χ3v) is 5.84. The summed E-state index contributed by atoms with van der Waals surface area (Å²) in [5.41, 5.74) is 3.63. The van der Waals surface area contributed by atoms with Gasteiger partial charge in [-0.05, 0) is 62.3 Å². The van der Waals surface area contributed by atoms with E-state index in [1.165, 1.54) is 0 Å². The number of benzene rings is 3. The highest BCUT2D eigenvalue weighted by Crippen LogP contribution is 2.36. The number of hydrogen-bond acceptors (Lipinski definition) is 3. The molecule has 162 valence electrons. The van der Waals surface area contributed by atoms with Crippen molar-refractivity contribution in [3.05, 3.63) is 101 Å². The minimum absolute atomic E-state index is 0.137. The Kier molecular flexibility index (Phi) is 7.64. The van der Waals surface area contributed by atoms with Crippen LogP contribution in [-0.4, -0.2) is 37.9 Å². The molecule has 0 fully saturated rings. The summed E-state index contributed by atoms with van der Waals surface area (Å²) >= 11 is 0. The zero-order valence-electron chi connectivity index (χ0n) is 19.1. The Morgan fingerprint density at radius 3 is 2.00 bits per heavy atom. The Bertz CT molecular complexity index is 941. The van der Waals surface area contributed by atoms with Crippen molar-refractivity contribution in [1.29, 1.82) is 0 Å². The van der Waals surface area contributed by atoms with Gasteiger partial charge in [0.05, 0.1) is 6.61 Å². The van der Waals surface area contributed by atoms with Gasteiger partial charge >= 0.3 is 0 Å². The highest BCUT2D eigenvalue weighted by Gasteiger charge is 2.32. The van der Waals surface area contributed by atoms with Crippen LogP contribution in [0.3, 0.4) is 0 Å². The van der Waals surface area contributed by atoms with Gasteiger partial charge in [-0.25, -0.2) is 0 Å². The Morgan fingerprint density at radius 2 is 1.48 bits per heavy atom. The summed E-state index contributed by atoms with van der Waals surface area (Å²) in [6.07, 6.45) is 1.38. The maximum absolute atomic E-state index is 13.4. The van der Waals surface area contributed by atoms with Crippen LogP contribution >= 0.6 is 0 Å². The zero-order chi connectivity index (χ0) is 22.3. The van der Waals surface area contributed by atoms with E-state index in [2.05, 4.69) is 50.2 Å². The monoisotopic (exact) mass is 415 g/mol. The quantitative estimate of drug-likeness (QED) is 0.305. The number of carbonyl (C=O) groups excluding carboxylic acids is 1. The summed E-state index contributed by atoms with van der Waals surface area (Å²) in [5, 5.41) is 0. The first-order valence-corrected chi connectivity index (χ1v) is 10.9. The third-order valence-electron chi connectivity index (χ3n) is 5.84. The van der Waals surface area contributed by atoms with Crippen LogP contribution in [0.1, 0.15) is 46.8 Å². The van der Waals surface area contributed by atoms with Crippen molar-refractivity contribution in [2.75, 3.05) is 27.2 Å². The van der Waals surface area contributed by atoms with Gasteiger partial charge < -0.3 is 9.64 Å². The molecule has 0 bridgehead atoms. The van der Waals surface area contributed by atoms with Crippen molar-refractivity contribution in [1.82, 2.24) is 4.90 Å². The van der Waals surface area contributed by atoms with E-state index in [9.17, 15) is 4.79 Å². The number of aryl methyl sites for hydroxylation is 1. The second-order valence-electron chi connectivity index (χ2n) is 8.65. The number of ether oxygens (including phenoxy) is 1. The van der Waals surface area contributed by atoms with Crippen molar-refractivity contribution in [3.8, 4) is 5.75 Å². The van der Waals surface area contributed by atoms with Crippen molar-refractivity contribution in [2.24, 2.45) is 0 Å². The molecule has 0 spiro atoms. The number of nitrogens with zero attached hydrogens (tertiary/aromatic N) is 1. The lowest BCUT2D eigenvalue weighted by Crippen LogP contribution is -2.27. The van der Waals surface area contributed by atoms with E-state index < -0.39 is 5.41 Å². The van der Waals surface area contributed by atoms with Crippen LogP contribution in [0.15, 0.2) is 78.9 Å². The molecular formula is C28H33NO2. The first-order valence-electron chi connectivity index (χ1n) is 10.9. The average Bonchev–Trinajstić information content (AvgIpc) is 2.78. The highest BCUT2D eigenvalue weighted by atomic mass is 16.5. The molecule has 0 unspecified atom stereocenters. The van der Waals surface area contributed by atoms with E-state index in [1.807, 2.05) is 61.5 Å². The fourth-order valence-electron chi connectivity index (χ4n) is 3.95. The summed E-state index contributed by atoms with van der Waals surface area (Å²) in [6.45, 7) is 5.83. The van der Waals surface area contributed by atoms with Gasteiger partial charge in [0.2, 0.25) is 0 Å². The molecule has 0 saturated heterocycles. The SMILES string of the molecule is Cc1cc(C(=O)CC(C)(c2ccccc2)c2ccccc2)ccc1OCCCN(C)C. The van der Waals surface area contributed by atoms with Crippen LogP contribution in [0, 0.1) is 6.92 Å². The van der Waals surface area contributed by atoms with Crippen LogP contribution in [0.4, 0.5) is 0 Å². The third kappa shape index (κ3) is 5.83. The molecule has 3 aromatic rings. The Hall–Kier alpha value is -2.91. The van der Waals surface area contributed by atoms with Gasteiger partial charge in [-0.2, -0.15) is 0 Å². The second-order valence-corrected chi connectivity index (χ2v) is 8.65. The van der Waals surface area contributed by atoms with Crippen LogP contribution in [0.5, 0.6) is 5.75 Å². The van der Waals surface area contributed by atoms with Crippen LogP contribution in [0.25, 0.3) is 0 Å². The molecule has 3 rings (SSSR count). The van der Waals surface area contributed by atoms with Gasteiger partial charge in [0.1, 0.15) is 5.75 Å². The minimum atomic E-state index is -0.394. The summed E-state index contributed by atoms with van der Waals surface area (Å²) in [5.74, 6) is 0.988. The minimum Gasteiger partial charge on any atom is -0.493 e. The van der Waals surface area contributed by atoms with E-state index in [1.54, 1.807) is 0 Å². The second kappa shape index (κ2) is 10.4. The number of carbonyl (C=O) groups is 1. The molecule has 0 radical (unpaired) electrons. The molecule has 3 aromatic carbocycles. The van der Waals surface area contributed by atoms with Crippen molar-refractivity contribution >= 4 is 5.78 Å². The maximum Gasteiger partial charge on any atom is 0.164 e. The molecule has 0 heterocycles. The summed E-state index contributed by atoms with van der Waals surface area (Å²) < 4.78 is 5.92. The van der Waals surface area contributed by atoms with Crippen LogP contribution in [0.2, 0.25) is 0 Å². The lowest BCUT2D eigenvalue weighted by atomic mass is 9.72. The van der Waals surface area contributed by atoms with Crippen molar-refractivity contribution in [3.63, 3.8) is 0 Å². The normalized spacial score (nSPS) is 11.5. The smallest absolute Gasteiger partial charge is 0.164 e. The lowest BCUT2D eigenvalue weighted by Gasteiger charge is -2.30. The van der Waals surface area contributed by atoms with Crippen LogP contribution in [-0.2, 0) is 5.41 Å². The van der Waals surface area contributed by atoms with E-state index in [0.29, 0.717) is 13.0 Å². The van der Waals surface area contributed by atoms with E-state index in [-0.39, 0.29) is 5.78 Å². The first-order chi connectivity index (χ1) is 14.9. The molecule has 0 atom stereocenters. The van der Waals surface area contributed by atoms with E-state index in [0.717, 1.165) is 41.0 Å². The molecule has 0 aliphatic carbocycles. The zero-order valence-corrected chi connectivity index (χ0v) is 19.1. The van der Waals surface area contributed by atoms with E-state index >= 15 is 0 Å². The Balaban J connectivity index is 1.79. The highest BCUT2D eigenvalue weighted by molar-refractivity contribution is 5.97. The first kappa shape index (κ1) is 22.8. The summed E-state index contributed by atoms with van der Waals surface area (Å²) in [4.78, 5) is 15.5. The van der Waals surface area contributed by atoms with Gasteiger partial charge in [0, 0.05) is 23.9 Å². The van der Waals surface area contributed by atoms with Gasteiger partial charge in [-0.15, -0.1) is 0 Å². The van der Waals surface area contributed by atoms with Crippen molar-refractivity contribution in [2.45, 2.75) is 32.1 Å². The fourth-order valence-corrected chi connectivity index (χ4v) is 3.95. The predicted molar refractivity (Wildman–Crippen MR) is 128 cm³/mol. The molecule has 31 heavy (non-hydrogen) atoms. The molecule has 0 aromatic heterocycles. The predicted octanol–water partition coefficient (Wildman–Crippen LogP) is 5.90. The lowest BCUT2D eigenvalue weighted by molar-refractivity contribution is 0.0962. The summed E-state index contributed by atoms with van der Waals surface area (Å²) in [6, 6.07) is 26.4. The molecule has 3 nitrogen and oxygen atoms in total. The maximum atomic E-state index is 13.4. The van der Waals surface area contributed by atoms with Gasteiger partial charge in [0.15, 0.2) is 5.78 Å². The largest absolute Gasteiger partial charge is 0.493 e. The topological polar surface area (TPSA) is 29.5 Å². The molecule has 0 amide bonds. The molecule has 0 N–H and O–H groups in total. The Labute approximate surface area is 186 Å². The average molecular weight is 416 g/mol. The number of rotatable bonds is 10. The number of hydrogen-bond donors (Lipinski definition) is 0. The van der Waals surface area contributed by atoms with Crippen molar-refractivity contribution < 1.29 is 9.53 Å². The van der Waals surface area contributed by atoms with Gasteiger partial charge in [0.25, 0.3) is 0 Å². The summed E-state index contributed by atoms with van der Waals surface area (Å²) in [7, 11) is 4.12. The molecule has 0 saturated carbocycles. The Morgan fingerprint density at radius 1 is 0.903 bits per heavy atom. The molecule has 0 aliphatic rings. The standard InChI is InChI=1S/C28H33NO2/c1-22-20-23(16-17-27(22)31-19-11-18-29(3)4)26(30)21-28(2,24-12-7-5-8-13-24)25-14-9-6-10-15-25/h5-10,12-17,20H,11,18-19,21H2,1-4H3. The fraction of sp³-hybridized carbons (Fsp3) is 0.321. The molecular weight excluding hydrogens is 382 g/mol. The number of Topliss-reactive ketones (excluding diaryl/α,β-unsaturated/α-hetero) is 1. The number of ketones is 1. The van der Waals surface area contributed by atoms with E-state index in [4.69, 9.17) is 4.74 Å². The molecule has 0 aliphatic heterocycles. The van der Waals surface area contributed by atoms with Gasteiger partial charge in [-0.3, -0.25) is 4.79 Å². The van der Waals surface area contributed by atoms with Gasteiger partial charge in [-0.1, -0.05) is 67.6 Å². The van der Waals surface area contributed by atoms with Crippen LogP contribution < -0.4 is 4.74 Å². The molecule has 3 heteroatoms.